The van der Waals surface area contributed by atoms with E-state index in [4.69, 9.17) is 16.3 Å². The average molecular weight is 241 g/mol. The summed E-state index contributed by atoms with van der Waals surface area (Å²) in [7, 11) is 1.57. The van der Waals surface area contributed by atoms with Crippen LogP contribution in [-0.4, -0.2) is 12.9 Å². The zero-order chi connectivity index (χ0) is 12.3. The Labute approximate surface area is 102 Å². The number of hydrogen-bond donors (Lipinski definition) is 0. The second-order valence-electron chi connectivity index (χ2n) is 4.32. The van der Waals surface area contributed by atoms with Crippen molar-refractivity contribution in [3.05, 3.63) is 28.3 Å². The molecule has 0 fully saturated rings. The van der Waals surface area contributed by atoms with E-state index in [-0.39, 0.29) is 5.78 Å². The summed E-state index contributed by atoms with van der Waals surface area (Å²) < 4.78 is 5.10. The Bertz CT molecular complexity index is 397. The third kappa shape index (κ3) is 2.99. The maximum Gasteiger partial charge on any atom is 0.163 e. The van der Waals surface area contributed by atoms with Gasteiger partial charge in [0, 0.05) is 12.0 Å². The first-order valence-corrected chi connectivity index (χ1v) is 5.70. The van der Waals surface area contributed by atoms with Gasteiger partial charge in [-0.3, -0.25) is 4.79 Å². The van der Waals surface area contributed by atoms with E-state index in [1.807, 2.05) is 20.8 Å². The molecule has 0 N–H and O–H groups in total. The van der Waals surface area contributed by atoms with Crippen LogP contribution < -0.4 is 4.74 Å². The Hall–Kier alpha value is -1.02. The van der Waals surface area contributed by atoms with E-state index in [0.717, 1.165) is 5.56 Å². The lowest BCUT2D eigenvalue weighted by molar-refractivity contribution is 0.0967. The molecule has 1 aromatic carbocycles. The molecule has 0 saturated carbocycles. The Morgan fingerprint density at radius 3 is 2.56 bits per heavy atom. The van der Waals surface area contributed by atoms with Crippen molar-refractivity contribution in [2.45, 2.75) is 27.2 Å². The zero-order valence-electron chi connectivity index (χ0n) is 10.1. The van der Waals surface area contributed by atoms with Crippen molar-refractivity contribution in [2.75, 3.05) is 7.11 Å². The van der Waals surface area contributed by atoms with Gasteiger partial charge in [-0.25, -0.2) is 0 Å². The maximum absolute atomic E-state index is 11.9. The zero-order valence-corrected chi connectivity index (χ0v) is 10.9. The summed E-state index contributed by atoms with van der Waals surface area (Å²) in [6, 6.07) is 3.50. The van der Waals surface area contributed by atoms with Gasteiger partial charge in [0.05, 0.1) is 12.1 Å². The van der Waals surface area contributed by atoms with Gasteiger partial charge < -0.3 is 4.74 Å². The van der Waals surface area contributed by atoms with Gasteiger partial charge in [-0.05, 0) is 30.5 Å². The molecule has 1 rings (SSSR count). The molecule has 0 unspecified atom stereocenters. The summed E-state index contributed by atoms with van der Waals surface area (Å²) in [4.78, 5) is 11.9. The Morgan fingerprint density at radius 1 is 1.44 bits per heavy atom. The van der Waals surface area contributed by atoms with Crippen LogP contribution >= 0.6 is 11.6 Å². The van der Waals surface area contributed by atoms with Gasteiger partial charge in [0.2, 0.25) is 0 Å². The minimum absolute atomic E-state index is 0.136. The highest BCUT2D eigenvalue weighted by Gasteiger charge is 2.14. The van der Waals surface area contributed by atoms with E-state index in [1.54, 1.807) is 19.2 Å². The quantitative estimate of drug-likeness (QED) is 0.747. The summed E-state index contributed by atoms with van der Waals surface area (Å²) in [5.41, 5.74) is 1.60. The SMILES string of the molecule is COc1cc(C)c(C(=O)CC(C)C)cc1Cl. The fourth-order valence-electron chi connectivity index (χ4n) is 1.59. The summed E-state index contributed by atoms with van der Waals surface area (Å²) in [5, 5.41) is 0.486. The van der Waals surface area contributed by atoms with Crippen molar-refractivity contribution in [2.24, 2.45) is 5.92 Å². The van der Waals surface area contributed by atoms with Crippen molar-refractivity contribution >= 4 is 17.4 Å². The first-order chi connectivity index (χ1) is 7.45. The highest BCUT2D eigenvalue weighted by Crippen LogP contribution is 2.28. The Balaban J connectivity index is 3.06. The van der Waals surface area contributed by atoms with E-state index < -0.39 is 0 Å². The molecule has 2 nitrogen and oxygen atoms in total. The number of aryl methyl sites for hydroxylation is 1. The molecule has 0 aromatic heterocycles. The topological polar surface area (TPSA) is 26.3 Å². The highest BCUT2D eigenvalue weighted by atomic mass is 35.5. The van der Waals surface area contributed by atoms with Crippen LogP contribution in [0.5, 0.6) is 5.75 Å². The number of hydrogen-bond acceptors (Lipinski definition) is 2. The van der Waals surface area contributed by atoms with Crippen molar-refractivity contribution in [3.63, 3.8) is 0 Å². The minimum atomic E-state index is 0.136. The first-order valence-electron chi connectivity index (χ1n) is 5.33. The third-order valence-electron chi connectivity index (χ3n) is 2.39. The smallest absolute Gasteiger partial charge is 0.163 e. The second kappa shape index (κ2) is 5.35. The number of carbonyl (C=O) groups is 1. The van der Waals surface area contributed by atoms with E-state index in [1.165, 1.54) is 0 Å². The molecule has 0 saturated heterocycles. The number of ether oxygens (including phenoxy) is 1. The molecule has 0 bridgehead atoms. The van der Waals surface area contributed by atoms with E-state index in [0.29, 0.717) is 28.7 Å². The first kappa shape index (κ1) is 13.0. The molecule has 0 radical (unpaired) electrons. The van der Waals surface area contributed by atoms with Gasteiger partial charge >= 0.3 is 0 Å². The van der Waals surface area contributed by atoms with Gasteiger partial charge in [0.15, 0.2) is 5.78 Å². The second-order valence-corrected chi connectivity index (χ2v) is 4.73. The average Bonchev–Trinajstić information content (AvgIpc) is 2.19. The Kier molecular flexibility index (Phi) is 4.36. The molecule has 88 valence electrons. The molecule has 0 aliphatic rings. The lowest BCUT2D eigenvalue weighted by atomic mass is 9.97. The molecule has 0 amide bonds. The predicted molar refractivity (Wildman–Crippen MR) is 66.5 cm³/mol. The molecular weight excluding hydrogens is 224 g/mol. The van der Waals surface area contributed by atoms with Crippen LogP contribution in [-0.2, 0) is 0 Å². The number of rotatable bonds is 4. The largest absolute Gasteiger partial charge is 0.495 e. The van der Waals surface area contributed by atoms with Crippen molar-refractivity contribution in [3.8, 4) is 5.75 Å². The lowest BCUT2D eigenvalue weighted by Crippen LogP contribution is -2.06. The van der Waals surface area contributed by atoms with Crippen LogP contribution in [0.2, 0.25) is 5.02 Å². The van der Waals surface area contributed by atoms with E-state index >= 15 is 0 Å². The van der Waals surface area contributed by atoms with Gasteiger partial charge in [-0.1, -0.05) is 25.4 Å². The summed E-state index contributed by atoms with van der Waals surface area (Å²) >= 11 is 6.00. The lowest BCUT2D eigenvalue weighted by Gasteiger charge is -2.10. The molecular formula is C13H17ClO2. The molecule has 0 aliphatic heterocycles. The molecule has 0 atom stereocenters. The highest BCUT2D eigenvalue weighted by molar-refractivity contribution is 6.32. The van der Waals surface area contributed by atoms with Gasteiger partial charge in [0.1, 0.15) is 5.75 Å². The standard InChI is InChI=1S/C13H17ClO2/c1-8(2)5-12(15)10-7-11(14)13(16-4)6-9(10)3/h6-8H,5H2,1-4H3. The molecule has 0 spiro atoms. The number of ketones is 1. The van der Waals surface area contributed by atoms with Crippen molar-refractivity contribution < 1.29 is 9.53 Å². The Morgan fingerprint density at radius 2 is 2.06 bits per heavy atom. The van der Waals surface area contributed by atoms with E-state index in [9.17, 15) is 4.79 Å². The fraction of sp³-hybridized carbons (Fsp3) is 0.462. The van der Waals surface area contributed by atoms with Crippen LogP contribution in [0.15, 0.2) is 12.1 Å². The van der Waals surface area contributed by atoms with Gasteiger partial charge in [0.25, 0.3) is 0 Å². The molecule has 1 aromatic rings. The molecule has 16 heavy (non-hydrogen) atoms. The monoisotopic (exact) mass is 240 g/mol. The number of Topliss-reactive ketones (excluding diaryl/α,β-unsaturated/α-hetero) is 1. The molecule has 3 heteroatoms. The fourth-order valence-corrected chi connectivity index (χ4v) is 1.83. The number of benzene rings is 1. The van der Waals surface area contributed by atoms with Crippen LogP contribution in [0, 0.1) is 12.8 Å². The number of halogens is 1. The number of methoxy groups -OCH3 is 1. The number of carbonyl (C=O) groups excluding carboxylic acids is 1. The normalized spacial score (nSPS) is 10.6. The maximum atomic E-state index is 11.9. The van der Waals surface area contributed by atoms with E-state index in [2.05, 4.69) is 0 Å². The summed E-state index contributed by atoms with van der Waals surface area (Å²) in [6.07, 6.45) is 0.545. The van der Waals surface area contributed by atoms with Crippen molar-refractivity contribution in [1.29, 1.82) is 0 Å². The summed E-state index contributed by atoms with van der Waals surface area (Å²) in [5.74, 6) is 1.10. The predicted octanol–water partition coefficient (Wildman–Crippen LogP) is 3.89. The van der Waals surface area contributed by atoms with Crippen molar-refractivity contribution in [1.82, 2.24) is 0 Å². The van der Waals surface area contributed by atoms with Crippen LogP contribution in [0.3, 0.4) is 0 Å². The molecule has 0 heterocycles. The third-order valence-corrected chi connectivity index (χ3v) is 2.69. The molecule has 0 aliphatic carbocycles. The summed E-state index contributed by atoms with van der Waals surface area (Å²) in [6.45, 7) is 5.95. The van der Waals surface area contributed by atoms with Crippen LogP contribution in [0.1, 0.15) is 36.2 Å². The van der Waals surface area contributed by atoms with Gasteiger partial charge in [-0.2, -0.15) is 0 Å². The van der Waals surface area contributed by atoms with Gasteiger partial charge in [-0.15, -0.1) is 0 Å². The minimum Gasteiger partial charge on any atom is -0.495 e. The van der Waals surface area contributed by atoms with Crippen LogP contribution in [0.4, 0.5) is 0 Å². The van der Waals surface area contributed by atoms with Crippen LogP contribution in [0.25, 0.3) is 0 Å².